The molecule has 1 aliphatic rings. The fourth-order valence-electron chi connectivity index (χ4n) is 2.35. The van der Waals surface area contributed by atoms with Crippen LogP contribution in [0.1, 0.15) is 6.92 Å². The Morgan fingerprint density at radius 3 is 2.39 bits per heavy atom. The SMILES string of the molecule is CC1=NN(c2cc(Cl)c(S(=O)(=O)[O-])cc2Cl)C(=O)C1N=Nc1ccccc1.[Na+]. The van der Waals surface area contributed by atoms with Crippen LogP contribution in [-0.4, -0.2) is 30.6 Å². The number of hydrogen-bond acceptors (Lipinski definition) is 7. The monoisotopic (exact) mass is 448 g/mol. The fraction of sp³-hybridized carbons (Fsp3) is 0.125. The van der Waals surface area contributed by atoms with Crippen LogP contribution in [0.2, 0.25) is 10.0 Å². The summed E-state index contributed by atoms with van der Waals surface area (Å²) in [7, 11) is -4.81. The Morgan fingerprint density at radius 2 is 1.79 bits per heavy atom. The maximum absolute atomic E-state index is 12.7. The van der Waals surface area contributed by atoms with Crippen molar-refractivity contribution in [3.05, 3.63) is 52.5 Å². The van der Waals surface area contributed by atoms with Crippen molar-refractivity contribution in [2.24, 2.45) is 15.3 Å². The number of halogens is 2. The van der Waals surface area contributed by atoms with E-state index in [1.54, 1.807) is 31.2 Å². The molecule has 3 rings (SSSR count). The van der Waals surface area contributed by atoms with Crippen molar-refractivity contribution in [3.8, 4) is 0 Å². The third-order valence-corrected chi connectivity index (χ3v) is 5.24. The minimum Gasteiger partial charge on any atom is -0.744 e. The van der Waals surface area contributed by atoms with Gasteiger partial charge in [-0.3, -0.25) is 4.79 Å². The summed E-state index contributed by atoms with van der Waals surface area (Å²) in [5.41, 5.74) is 0.978. The second kappa shape index (κ2) is 9.00. The molecule has 0 N–H and O–H groups in total. The van der Waals surface area contributed by atoms with Gasteiger partial charge in [0.15, 0.2) is 6.04 Å². The molecule has 2 aromatic carbocycles. The number of nitrogens with zero attached hydrogens (tertiary/aromatic N) is 4. The summed E-state index contributed by atoms with van der Waals surface area (Å²) in [6.07, 6.45) is 0. The van der Waals surface area contributed by atoms with Crippen LogP contribution in [0.3, 0.4) is 0 Å². The molecule has 2 aromatic rings. The first-order valence-corrected chi connectivity index (χ1v) is 9.65. The van der Waals surface area contributed by atoms with Crippen molar-refractivity contribution < 1.29 is 47.3 Å². The summed E-state index contributed by atoms with van der Waals surface area (Å²) >= 11 is 11.9. The number of hydrogen-bond donors (Lipinski definition) is 0. The second-order valence-electron chi connectivity index (χ2n) is 5.53. The van der Waals surface area contributed by atoms with Crippen LogP contribution in [0.4, 0.5) is 11.4 Å². The van der Waals surface area contributed by atoms with Crippen LogP contribution < -0.4 is 34.6 Å². The molecule has 1 heterocycles. The van der Waals surface area contributed by atoms with Crippen molar-refractivity contribution in [3.63, 3.8) is 0 Å². The number of azo groups is 1. The van der Waals surface area contributed by atoms with E-state index in [0.29, 0.717) is 11.4 Å². The average molecular weight is 449 g/mol. The molecule has 140 valence electrons. The van der Waals surface area contributed by atoms with Crippen LogP contribution in [0.15, 0.2) is 62.7 Å². The van der Waals surface area contributed by atoms with Gasteiger partial charge < -0.3 is 4.55 Å². The summed E-state index contributed by atoms with van der Waals surface area (Å²) in [5.74, 6) is -0.539. The van der Waals surface area contributed by atoms with Crippen LogP contribution >= 0.6 is 23.2 Å². The Balaban J connectivity index is 0.00000280. The van der Waals surface area contributed by atoms with Crippen molar-refractivity contribution >= 4 is 56.3 Å². The van der Waals surface area contributed by atoms with E-state index in [-0.39, 0.29) is 45.3 Å². The van der Waals surface area contributed by atoms with Gasteiger partial charge in [-0.15, -0.1) is 0 Å². The molecule has 0 bridgehead atoms. The van der Waals surface area contributed by atoms with Gasteiger partial charge in [0.2, 0.25) is 0 Å². The molecule has 8 nitrogen and oxygen atoms in total. The van der Waals surface area contributed by atoms with E-state index in [1.807, 2.05) is 6.07 Å². The minimum atomic E-state index is -4.81. The Hall–Kier alpha value is -1.33. The predicted molar refractivity (Wildman–Crippen MR) is 99.8 cm³/mol. The summed E-state index contributed by atoms with van der Waals surface area (Å²) in [6.45, 7) is 1.60. The molecule has 1 atom stereocenters. The van der Waals surface area contributed by atoms with Gasteiger partial charge in [-0.25, -0.2) is 8.42 Å². The van der Waals surface area contributed by atoms with Crippen molar-refractivity contribution in [2.75, 3.05) is 5.01 Å². The smallest absolute Gasteiger partial charge is 0.744 e. The van der Waals surface area contributed by atoms with E-state index in [2.05, 4.69) is 15.3 Å². The van der Waals surface area contributed by atoms with Gasteiger partial charge in [-0.1, -0.05) is 41.4 Å². The largest absolute Gasteiger partial charge is 1.00 e. The van der Waals surface area contributed by atoms with Gasteiger partial charge in [-0.2, -0.15) is 20.3 Å². The van der Waals surface area contributed by atoms with Crippen molar-refractivity contribution in [2.45, 2.75) is 17.9 Å². The number of carbonyl (C=O) groups excluding carboxylic acids is 1. The van der Waals surface area contributed by atoms with Gasteiger partial charge in [0.05, 0.1) is 32.0 Å². The molecule has 0 saturated carbocycles. The van der Waals surface area contributed by atoms with Gasteiger partial charge >= 0.3 is 29.6 Å². The third kappa shape index (κ3) is 4.80. The Labute approximate surface area is 193 Å². The van der Waals surface area contributed by atoms with E-state index < -0.39 is 27.0 Å². The maximum Gasteiger partial charge on any atom is 1.00 e. The van der Waals surface area contributed by atoms with Crippen molar-refractivity contribution in [1.82, 2.24) is 0 Å². The standard InChI is InChI=1S/C16H12Cl2N4O4S.Na/c1-9-15(20-19-10-5-3-2-4-6-10)16(23)22(21-9)13-7-12(18)14(8-11(13)17)27(24,25)26;/h2-8,15H,1H3,(H,24,25,26);/q;+1/p-1. The Morgan fingerprint density at radius 1 is 1.14 bits per heavy atom. The van der Waals surface area contributed by atoms with Gasteiger partial charge in [0.1, 0.15) is 10.1 Å². The number of rotatable bonds is 4. The Kier molecular flexibility index (Phi) is 7.38. The number of amides is 1. The van der Waals surface area contributed by atoms with Gasteiger partial charge in [-0.05, 0) is 31.2 Å². The number of benzene rings is 2. The first kappa shape index (κ1) is 23.0. The van der Waals surface area contributed by atoms with E-state index in [0.717, 1.165) is 17.1 Å². The first-order chi connectivity index (χ1) is 12.7. The van der Waals surface area contributed by atoms with Crippen LogP contribution in [0.5, 0.6) is 0 Å². The molecule has 1 aliphatic heterocycles. The molecule has 1 unspecified atom stereocenters. The van der Waals surface area contributed by atoms with Gasteiger partial charge in [0.25, 0.3) is 5.91 Å². The summed E-state index contributed by atoms with van der Waals surface area (Å²) in [6, 6.07) is 9.88. The Bertz CT molecular complexity index is 1080. The van der Waals surface area contributed by atoms with E-state index in [1.165, 1.54) is 0 Å². The minimum absolute atomic E-state index is 0. The second-order valence-corrected chi connectivity index (χ2v) is 7.70. The van der Waals surface area contributed by atoms with E-state index in [9.17, 15) is 17.8 Å². The normalized spacial score (nSPS) is 17.0. The maximum atomic E-state index is 12.7. The number of carbonyl (C=O) groups is 1. The molecule has 0 saturated heterocycles. The zero-order chi connectivity index (χ0) is 19.8. The fourth-order valence-corrected chi connectivity index (χ4v) is 3.66. The average Bonchev–Trinajstić information content (AvgIpc) is 2.89. The predicted octanol–water partition coefficient (Wildman–Crippen LogP) is 0.777. The van der Waals surface area contributed by atoms with Crippen LogP contribution in [-0.2, 0) is 14.9 Å². The molecule has 0 radical (unpaired) electrons. The molecule has 0 aromatic heterocycles. The first-order valence-electron chi connectivity index (χ1n) is 7.48. The van der Waals surface area contributed by atoms with Crippen LogP contribution in [0.25, 0.3) is 0 Å². The van der Waals surface area contributed by atoms with Gasteiger partial charge in [0, 0.05) is 0 Å². The summed E-state index contributed by atoms with van der Waals surface area (Å²) in [4.78, 5) is 12.0. The summed E-state index contributed by atoms with van der Waals surface area (Å²) < 4.78 is 33.6. The number of anilines is 1. The molecule has 12 heteroatoms. The van der Waals surface area contributed by atoms with Crippen molar-refractivity contribution in [1.29, 1.82) is 0 Å². The topological polar surface area (TPSA) is 115 Å². The molecule has 0 spiro atoms. The molecule has 28 heavy (non-hydrogen) atoms. The molecular formula is C16H11Cl2N4NaO4S. The van der Waals surface area contributed by atoms with E-state index >= 15 is 0 Å². The van der Waals surface area contributed by atoms with Crippen LogP contribution in [0, 0.1) is 0 Å². The number of hydrazone groups is 1. The molecule has 0 aliphatic carbocycles. The zero-order valence-electron chi connectivity index (χ0n) is 14.7. The molecule has 1 amide bonds. The summed E-state index contributed by atoms with van der Waals surface area (Å²) in [5, 5.41) is 12.6. The van der Waals surface area contributed by atoms with E-state index in [4.69, 9.17) is 23.2 Å². The quantitative estimate of drug-likeness (QED) is 0.390. The molecule has 0 fully saturated rings. The zero-order valence-corrected chi connectivity index (χ0v) is 19.0. The molecular weight excluding hydrogens is 438 g/mol. The third-order valence-electron chi connectivity index (χ3n) is 3.64.